The molecule has 2 aromatic heterocycles. The van der Waals surface area contributed by atoms with Crippen molar-refractivity contribution in [2.24, 2.45) is 0 Å². The SMILES string of the molecule is CC(C)c1cccc(C(C)C)c1Nc1ccc(NC(=O)c2ccco2)cn1. The molecule has 0 unspecified atom stereocenters. The maximum Gasteiger partial charge on any atom is 0.291 e. The summed E-state index contributed by atoms with van der Waals surface area (Å²) in [7, 11) is 0. The highest BCUT2D eigenvalue weighted by Gasteiger charge is 2.14. The van der Waals surface area contributed by atoms with Crippen LogP contribution < -0.4 is 10.6 Å². The molecule has 1 amide bonds. The number of carbonyl (C=O) groups is 1. The third-order valence-electron chi connectivity index (χ3n) is 4.39. The van der Waals surface area contributed by atoms with Crippen LogP contribution in [0.1, 0.15) is 61.2 Å². The molecule has 5 heteroatoms. The average molecular weight is 363 g/mol. The number of carbonyl (C=O) groups excluding carboxylic acids is 1. The molecule has 0 saturated heterocycles. The van der Waals surface area contributed by atoms with Crippen LogP contribution in [0.4, 0.5) is 17.2 Å². The van der Waals surface area contributed by atoms with Crippen molar-refractivity contribution in [3.63, 3.8) is 0 Å². The molecular formula is C22H25N3O2. The lowest BCUT2D eigenvalue weighted by Gasteiger charge is -2.20. The molecule has 0 aliphatic carbocycles. The summed E-state index contributed by atoms with van der Waals surface area (Å²) in [5, 5.41) is 6.24. The van der Waals surface area contributed by atoms with E-state index in [4.69, 9.17) is 4.42 Å². The smallest absolute Gasteiger partial charge is 0.291 e. The van der Waals surface area contributed by atoms with Gasteiger partial charge in [-0.15, -0.1) is 0 Å². The van der Waals surface area contributed by atoms with Crippen molar-refractivity contribution < 1.29 is 9.21 Å². The van der Waals surface area contributed by atoms with Gasteiger partial charge in [0.2, 0.25) is 0 Å². The molecule has 0 spiro atoms. The summed E-state index contributed by atoms with van der Waals surface area (Å²) < 4.78 is 5.10. The number of rotatable bonds is 6. The molecule has 3 aromatic rings. The number of para-hydroxylation sites is 1. The van der Waals surface area contributed by atoms with Crippen LogP contribution in [0.5, 0.6) is 0 Å². The first-order valence-corrected chi connectivity index (χ1v) is 9.16. The highest BCUT2D eigenvalue weighted by atomic mass is 16.3. The minimum atomic E-state index is -0.297. The van der Waals surface area contributed by atoms with Crippen molar-refractivity contribution in [3.05, 3.63) is 71.8 Å². The van der Waals surface area contributed by atoms with E-state index in [0.29, 0.717) is 17.5 Å². The third kappa shape index (κ3) is 4.37. The summed E-state index contributed by atoms with van der Waals surface area (Å²) in [5.74, 6) is 1.51. The number of pyridine rings is 1. The van der Waals surface area contributed by atoms with Gasteiger partial charge < -0.3 is 15.1 Å². The highest BCUT2D eigenvalue weighted by Crippen LogP contribution is 2.34. The third-order valence-corrected chi connectivity index (χ3v) is 4.39. The Morgan fingerprint density at radius 3 is 2.19 bits per heavy atom. The van der Waals surface area contributed by atoms with Crippen LogP contribution in [0.3, 0.4) is 0 Å². The Hall–Kier alpha value is -3.08. The predicted octanol–water partition coefficient (Wildman–Crippen LogP) is 5.92. The fraction of sp³-hybridized carbons (Fsp3) is 0.273. The van der Waals surface area contributed by atoms with Crippen molar-refractivity contribution in [1.82, 2.24) is 4.98 Å². The van der Waals surface area contributed by atoms with Gasteiger partial charge in [0.05, 0.1) is 18.1 Å². The molecule has 5 nitrogen and oxygen atoms in total. The van der Waals surface area contributed by atoms with Crippen LogP contribution in [0.25, 0.3) is 0 Å². The van der Waals surface area contributed by atoms with Crippen molar-refractivity contribution in [2.45, 2.75) is 39.5 Å². The van der Waals surface area contributed by atoms with Gasteiger partial charge in [0.15, 0.2) is 5.76 Å². The number of hydrogen-bond donors (Lipinski definition) is 2. The Morgan fingerprint density at radius 2 is 1.67 bits per heavy atom. The van der Waals surface area contributed by atoms with Gasteiger partial charge in [-0.1, -0.05) is 45.9 Å². The van der Waals surface area contributed by atoms with E-state index in [2.05, 4.69) is 61.5 Å². The first-order valence-electron chi connectivity index (χ1n) is 9.16. The quantitative estimate of drug-likeness (QED) is 0.571. The average Bonchev–Trinajstić information content (AvgIpc) is 3.18. The van der Waals surface area contributed by atoms with Crippen LogP contribution in [-0.4, -0.2) is 10.9 Å². The van der Waals surface area contributed by atoms with E-state index in [-0.39, 0.29) is 11.7 Å². The van der Waals surface area contributed by atoms with Crippen LogP contribution in [-0.2, 0) is 0 Å². The number of furan rings is 1. The molecule has 27 heavy (non-hydrogen) atoms. The topological polar surface area (TPSA) is 67.2 Å². The molecule has 1 aromatic carbocycles. The standard InChI is InChI=1S/C22H25N3O2/c1-14(2)17-7-5-8-18(15(3)4)21(17)25-20-11-10-16(13-23-20)24-22(26)19-9-6-12-27-19/h5-15H,1-4H3,(H,23,25)(H,24,26). The van der Waals surface area contributed by atoms with Gasteiger partial charge in [-0.05, 0) is 47.2 Å². The Bertz CT molecular complexity index is 872. The molecule has 0 radical (unpaired) electrons. The first-order chi connectivity index (χ1) is 13.0. The number of nitrogens with zero attached hydrogens (tertiary/aromatic N) is 1. The summed E-state index contributed by atoms with van der Waals surface area (Å²) in [5.41, 5.74) is 4.25. The normalized spacial score (nSPS) is 11.0. The van der Waals surface area contributed by atoms with Crippen molar-refractivity contribution in [3.8, 4) is 0 Å². The molecule has 0 fully saturated rings. The molecule has 0 aliphatic heterocycles. The van der Waals surface area contributed by atoms with Crippen LogP contribution >= 0.6 is 0 Å². The largest absolute Gasteiger partial charge is 0.459 e. The van der Waals surface area contributed by atoms with E-state index in [1.807, 2.05) is 12.1 Å². The summed E-state index contributed by atoms with van der Waals surface area (Å²) in [6.07, 6.45) is 3.11. The molecule has 0 atom stereocenters. The van der Waals surface area contributed by atoms with Crippen molar-refractivity contribution in [1.29, 1.82) is 0 Å². The van der Waals surface area contributed by atoms with Gasteiger partial charge >= 0.3 is 0 Å². The predicted molar refractivity (Wildman–Crippen MR) is 109 cm³/mol. The van der Waals surface area contributed by atoms with E-state index in [0.717, 1.165) is 11.5 Å². The van der Waals surface area contributed by atoms with Crippen LogP contribution in [0.2, 0.25) is 0 Å². The van der Waals surface area contributed by atoms with Crippen molar-refractivity contribution >= 4 is 23.1 Å². The maximum absolute atomic E-state index is 12.0. The Morgan fingerprint density at radius 1 is 0.963 bits per heavy atom. The van der Waals surface area contributed by atoms with Gasteiger partial charge in [0, 0.05) is 5.69 Å². The molecule has 0 aliphatic rings. The highest BCUT2D eigenvalue weighted by molar-refractivity contribution is 6.02. The van der Waals surface area contributed by atoms with Crippen LogP contribution in [0.15, 0.2) is 59.3 Å². The Balaban J connectivity index is 1.80. The molecule has 2 heterocycles. The molecule has 0 saturated carbocycles. The van der Waals surface area contributed by atoms with Crippen LogP contribution in [0, 0.1) is 0 Å². The van der Waals surface area contributed by atoms with Crippen molar-refractivity contribution in [2.75, 3.05) is 10.6 Å². The lowest BCUT2D eigenvalue weighted by atomic mass is 9.92. The molecule has 2 N–H and O–H groups in total. The number of hydrogen-bond acceptors (Lipinski definition) is 4. The second-order valence-corrected chi connectivity index (χ2v) is 7.11. The van der Waals surface area contributed by atoms with Gasteiger partial charge in [-0.25, -0.2) is 4.98 Å². The second-order valence-electron chi connectivity index (χ2n) is 7.11. The minimum Gasteiger partial charge on any atom is -0.459 e. The van der Waals surface area contributed by atoms with Gasteiger partial charge in [-0.3, -0.25) is 4.79 Å². The fourth-order valence-corrected chi connectivity index (χ4v) is 2.97. The Labute approximate surface area is 159 Å². The molecule has 140 valence electrons. The molecule has 3 rings (SSSR count). The number of amides is 1. The molecular weight excluding hydrogens is 338 g/mol. The number of benzene rings is 1. The zero-order chi connectivity index (χ0) is 19.4. The van der Waals surface area contributed by atoms with E-state index >= 15 is 0 Å². The maximum atomic E-state index is 12.0. The van der Waals surface area contributed by atoms with Gasteiger partial charge in [-0.2, -0.15) is 0 Å². The Kier molecular flexibility index (Phi) is 5.60. The summed E-state index contributed by atoms with van der Waals surface area (Å²) >= 11 is 0. The van der Waals surface area contributed by atoms with E-state index in [1.165, 1.54) is 17.4 Å². The monoisotopic (exact) mass is 363 g/mol. The number of nitrogens with one attached hydrogen (secondary N) is 2. The van der Waals surface area contributed by atoms with E-state index in [1.54, 1.807) is 18.3 Å². The summed E-state index contributed by atoms with van der Waals surface area (Å²) in [6, 6.07) is 13.4. The van der Waals surface area contributed by atoms with E-state index < -0.39 is 0 Å². The number of anilines is 3. The summed E-state index contributed by atoms with van der Waals surface area (Å²) in [6.45, 7) is 8.74. The minimum absolute atomic E-state index is 0.268. The zero-order valence-electron chi connectivity index (χ0n) is 16.1. The fourth-order valence-electron chi connectivity index (χ4n) is 2.97. The second kappa shape index (κ2) is 8.08. The van der Waals surface area contributed by atoms with Gasteiger partial charge in [0.25, 0.3) is 5.91 Å². The van der Waals surface area contributed by atoms with E-state index in [9.17, 15) is 4.79 Å². The zero-order valence-corrected chi connectivity index (χ0v) is 16.1. The first kappa shape index (κ1) is 18.7. The molecule has 0 bridgehead atoms. The summed E-state index contributed by atoms with van der Waals surface area (Å²) in [4.78, 5) is 16.5. The van der Waals surface area contributed by atoms with Gasteiger partial charge in [0.1, 0.15) is 5.82 Å². The lowest BCUT2D eigenvalue weighted by Crippen LogP contribution is -2.11. The lowest BCUT2D eigenvalue weighted by molar-refractivity contribution is 0.0996. The number of aromatic nitrogens is 1.